The molecule has 1 atom stereocenters. The van der Waals surface area contributed by atoms with E-state index in [-0.39, 0.29) is 6.04 Å². The molecule has 0 unspecified atom stereocenters. The van der Waals surface area contributed by atoms with Gasteiger partial charge in [-0.1, -0.05) is 49.1 Å². The zero-order chi connectivity index (χ0) is 16.7. The molecule has 5 heteroatoms. The molecule has 1 aliphatic rings. The number of hydrogen-bond acceptors (Lipinski definition) is 3. The molecule has 0 saturated heterocycles. The van der Waals surface area contributed by atoms with E-state index in [0.717, 1.165) is 31.2 Å². The summed E-state index contributed by atoms with van der Waals surface area (Å²) in [5.41, 5.74) is 0.784. The van der Waals surface area contributed by atoms with Gasteiger partial charge in [-0.2, -0.15) is 5.26 Å². The van der Waals surface area contributed by atoms with Crippen LogP contribution in [0.25, 0.3) is 6.08 Å². The van der Waals surface area contributed by atoms with E-state index in [1.165, 1.54) is 12.5 Å². The van der Waals surface area contributed by atoms with Gasteiger partial charge in [0.25, 0.3) is 0 Å². The maximum absolute atomic E-state index is 12.1. The molecule has 120 valence electrons. The zero-order valence-corrected chi connectivity index (χ0v) is 13.6. The van der Waals surface area contributed by atoms with Gasteiger partial charge in [0.15, 0.2) is 11.7 Å². The molecule has 4 nitrogen and oxygen atoms in total. The quantitative estimate of drug-likeness (QED) is 0.663. The molecule has 1 aliphatic carbocycles. The predicted octanol–water partition coefficient (Wildman–Crippen LogP) is 3.51. The Hall–Kier alpha value is -2.12. The smallest absolute Gasteiger partial charge is 0.245 e. The van der Waals surface area contributed by atoms with Crippen LogP contribution >= 0.6 is 11.6 Å². The van der Waals surface area contributed by atoms with Crippen LogP contribution in [0.15, 0.2) is 30.3 Å². The van der Waals surface area contributed by atoms with Gasteiger partial charge >= 0.3 is 0 Å². The number of carbonyl (C=O) groups excluding carboxylic acids is 2. The van der Waals surface area contributed by atoms with Crippen molar-refractivity contribution >= 4 is 29.4 Å². The average Bonchev–Trinajstić information content (AvgIpc) is 2.56. The van der Waals surface area contributed by atoms with Crippen LogP contribution in [-0.4, -0.2) is 17.7 Å². The Labute approximate surface area is 141 Å². The number of nitrogens with one attached hydrogen (secondary N) is 1. The Morgan fingerprint density at radius 2 is 1.87 bits per heavy atom. The highest BCUT2D eigenvalue weighted by Crippen LogP contribution is 2.18. The van der Waals surface area contributed by atoms with E-state index in [9.17, 15) is 9.59 Å². The first-order chi connectivity index (χ1) is 11.1. The number of rotatable bonds is 5. The lowest BCUT2D eigenvalue weighted by Gasteiger charge is -2.23. The number of halogens is 1. The molecule has 0 bridgehead atoms. The highest BCUT2D eigenvalue weighted by molar-refractivity contribution is 6.30. The number of nitriles is 1. The third kappa shape index (κ3) is 5.22. The van der Waals surface area contributed by atoms with Crippen molar-refractivity contribution in [2.24, 2.45) is 5.92 Å². The highest BCUT2D eigenvalue weighted by Gasteiger charge is 2.27. The molecule has 1 aromatic carbocycles. The van der Waals surface area contributed by atoms with Gasteiger partial charge in [0.1, 0.15) is 0 Å². The van der Waals surface area contributed by atoms with E-state index in [1.54, 1.807) is 36.4 Å². The Bertz CT molecular complexity index is 625. The molecule has 1 amide bonds. The molecule has 1 fully saturated rings. The van der Waals surface area contributed by atoms with Crippen LogP contribution in [0, 0.1) is 17.2 Å². The van der Waals surface area contributed by atoms with Gasteiger partial charge in [0, 0.05) is 11.1 Å². The molecule has 0 aromatic heterocycles. The second-order valence-corrected chi connectivity index (χ2v) is 6.13. The number of carbonyl (C=O) groups is 2. The Kier molecular flexibility index (Phi) is 6.37. The predicted molar refractivity (Wildman–Crippen MR) is 89.6 cm³/mol. The topological polar surface area (TPSA) is 70.0 Å². The number of benzene rings is 1. The molecule has 1 aromatic rings. The van der Waals surface area contributed by atoms with Crippen molar-refractivity contribution in [3.8, 4) is 6.07 Å². The number of hydrogen-bond donors (Lipinski definition) is 1. The minimum atomic E-state index is -1.29. The van der Waals surface area contributed by atoms with Crippen molar-refractivity contribution < 1.29 is 9.59 Å². The zero-order valence-electron chi connectivity index (χ0n) is 12.8. The summed E-state index contributed by atoms with van der Waals surface area (Å²) >= 11 is 5.79. The lowest BCUT2D eigenvalue weighted by molar-refractivity contribution is -0.130. The van der Waals surface area contributed by atoms with Crippen molar-refractivity contribution in [1.82, 2.24) is 5.32 Å². The van der Waals surface area contributed by atoms with Crippen molar-refractivity contribution in [2.75, 3.05) is 0 Å². The van der Waals surface area contributed by atoms with Gasteiger partial charge in [-0.05, 0) is 36.6 Å². The Morgan fingerprint density at radius 3 is 2.48 bits per heavy atom. The molecule has 1 N–H and O–H groups in total. The fourth-order valence-corrected chi connectivity index (χ4v) is 2.76. The molecule has 2 rings (SSSR count). The Balaban J connectivity index is 1.95. The van der Waals surface area contributed by atoms with Gasteiger partial charge in [-0.3, -0.25) is 9.59 Å². The van der Waals surface area contributed by atoms with Gasteiger partial charge in [-0.25, -0.2) is 0 Å². The van der Waals surface area contributed by atoms with E-state index in [4.69, 9.17) is 16.9 Å². The minimum Gasteiger partial charge on any atom is -0.352 e. The van der Waals surface area contributed by atoms with Gasteiger partial charge < -0.3 is 5.32 Å². The van der Waals surface area contributed by atoms with E-state index in [1.807, 2.05) is 0 Å². The third-order valence-corrected chi connectivity index (χ3v) is 4.19. The molecule has 1 saturated carbocycles. The van der Waals surface area contributed by atoms with Crippen LogP contribution in [0.5, 0.6) is 0 Å². The first kappa shape index (κ1) is 17.2. The van der Waals surface area contributed by atoms with Crippen LogP contribution in [0.2, 0.25) is 5.02 Å². The molecular formula is C18H19ClN2O2. The SMILES string of the molecule is N#C[C@H](C(=O)/C=C\c1ccc(Cl)cc1)C(=O)NC1CCCCC1. The summed E-state index contributed by atoms with van der Waals surface area (Å²) in [4.78, 5) is 24.2. The normalized spacial score (nSPS) is 16.7. The first-order valence-corrected chi connectivity index (χ1v) is 8.15. The molecule has 0 radical (unpaired) electrons. The van der Waals surface area contributed by atoms with Gasteiger partial charge in [0.05, 0.1) is 6.07 Å². The Morgan fingerprint density at radius 1 is 1.22 bits per heavy atom. The second kappa shape index (κ2) is 8.50. The molecular weight excluding hydrogens is 312 g/mol. The van der Waals surface area contributed by atoms with E-state index in [0.29, 0.717) is 5.02 Å². The number of allylic oxidation sites excluding steroid dienone is 1. The summed E-state index contributed by atoms with van der Waals surface area (Å²) in [6.45, 7) is 0. The van der Waals surface area contributed by atoms with E-state index >= 15 is 0 Å². The monoisotopic (exact) mass is 330 g/mol. The maximum Gasteiger partial charge on any atom is 0.245 e. The number of ketones is 1. The summed E-state index contributed by atoms with van der Waals surface area (Å²) < 4.78 is 0. The minimum absolute atomic E-state index is 0.0835. The number of amides is 1. The van der Waals surface area contributed by atoms with E-state index in [2.05, 4.69) is 5.32 Å². The van der Waals surface area contributed by atoms with Gasteiger partial charge in [-0.15, -0.1) is 0 Å². The lowest BCUT2D eigenvalue weighted by atomic mass is 9.94. The fourth-order valence-electron chi connectivity index (χ4n) is 2.63. The number of nitrogens with zero attached hydrogens (tertiary/aromatic N) is 1. The average molecular weight is 331 g/mol. The summed E-state index contributed by atoms with van der Waals surface area (Å²) in [6.07, 6.45) is 8.02. The highest BCUT2D eigenvalue weighted by atomic mass is 35.5. The van der Waals surface area contributed by atoms with Crippen LogP contribution in [0.3, 0.4) is 0 Å². The van der Waals surface area contributed by atoms with Gasteiger partial charge in [0.2, 0.25) is 5.91 Å². The molecule has 0 spiro atoms. The van der Waals surface area contributed by atoms with Crippen LogP contribution in [0.1, 0.15) is 37.7 Å². The molecule has 23 heavy (non-hydrogen) atoms. The summed E-state index contributed by atoms with van der Waals surface area (Å²) in [6, 6.07) is 8.83. The molecule has 0 heterocycles. The van der Waals surface area contributed by atoms with Crippen LogP contribution < -0.4 is 5.32 Å². The van der Waals surface area contributed by atoms with Crippen LogP contribution in [0.4, 0.5) is 0 Å². The second-order valence-electron chi connectivity index (χ2n) is 5.69. The van der Waals surface area contributed by atoms with Crippen molar-refractivity contribution in [2.45, 2.75) is 38.1 Å². The summed E-state index contributed by atoms with van der Waals surface area (Å²) in [7, 11) is 0. The van der Waals surface area contributed by atoms with Crippen LogP contribution in [-0.2, 0) is 9.59 Å². The molecule has 0 aliphatic heterocycles. The fraction of sp³-hybridized carbons (Fsp3) is 0.389. The van der Waals surface area contributed by atoms with E-state index < -0.39 is 17.6 Å². The third-order valence-electron chi connectivity index (χ3n) is 3.94. The summed E-state index contributed by atoms with van der Waals surface area (Å²) in [5, 5.41) is 12.6. The lowest BCUT2D eigenvalue weighted by Crippen LogP contribution is -2.41. The van der Waals surface area contributed by atoms with Crippen molar-refractivity contribution in [3.05, 3.63) is 40.9 Å². The van der Waals surface area contributed by atoms with Crippen molar-refractivity contribution in [1.29, 1.82) is 5.26 Å². The standard InChI is InChI=1S/C18H19ClN2O2/c19-14-9-6-13(7-10-14)8-11-17(22)16(12-20)18(23)21-15-4-2-1-3-5-15/h6-11,15-16H,1-5H2,(H,21,23)/b11-8-/t16-/m1/s1. The van der Waals surface area contributed by atoms with Crippen molar-refractivity contribution in [3.63, 3.8) is 0 Å². The summed E-state index contributed by atoms with van der Waals surface area (Å²) in [5.74, 6) is -2.29. The largest absolute Gasteiger partial charge is 0.352 e. The maximum atomic E-state index is 12.1. The first-order valence-electron chi connectivity index (χ1n) is 7.77.